The highest BCUT2D eigenvalue weighted by Crippen LogP contribution is 2.25. The second-order valence-corrected chi connectivity index (χ2v) is 8.86. The van der Waals surface area contributed by atoms with Gasteiger partial charge in [0.1, 0.15) is 0 Å². The average Bonchev–Trinajstić information content (AvgIpc) is 3.31. The standard InChI is InChI=1S/C26H26N6O3/c1-17-12-24(33)32(14-18-2-6-23(30-35)7-3-18)29-25(17)19-4-8-22(9-5-19)28-26(34)31-15-20-10-11-27-13-21(20)16-31/h2-11,13,17,30,35H,12,14-16H2,1H3,(H,28,34). The number of hydrogen-bond acceptors (Lipinski definition) is 6. The molecule has 0 saturated carbocycles. The molecule has 0 radical (unpaired) electrons. The predicted octanol–water partition coefficient (Wildman–Crippen LogP) is 4.20. The van der Waals surface area contributed by atoms with Gasteiger partial charge in [-0.15, -0.1) is 0 Å². The first-order valence-electron chi connectivity index (χ1n) is 11.5. The van der Waals surface area contributed by atoms with Crippen molar-refractivity contribution in [1.29, 1.82) is 0 Å². The van der Waals surface area contributed by atoms with E-state index in [9.17, 15) is 9.59 Å². The van der Waals surface area contributed by atoms with Crippen LogP contribution in [0.4, 0.5) is 16.2 Å². The summed E-state index contributed by atoms with van der Waals surface area (Å²) < 4.78 is 0. The second-order valence-electron chi connectivity index (χ2n) is 8.86. The zero-order valence-electron chi connectivity index (χ0n) is 19.3. The normalized spacial score (nSPS) is 17.1. The number of amides is 3. The quantitative estimate of drug-likeness (QED) is 0.484. The fraction of sp³-hybridized carbons (Fsp3) is 0.231. The molecule has 0 bridgehead atoms. The molecule has 2 aromatic carbocycles. The van der Waals surface area contributed by atoms with Crippen molar-refractivity contribution in [2.75, 3.05) is 10.8 Å². The highest BCUT2D eigenvalue weighted by Gasteiger charge is 2.28. The number of nitrogens with zero attached hydrogens (tertiary/aromatic N) is 4. The smallest absolute Gasteiger partial charge is 0.316 e. The molecule has 3 aromatic rings. The SMILES string of the molecule is CC1CC(=O)N(Cc2ccc(NO)cc2)N=C1c1ccc(NC(=O)N2Cc3ccncc3C2)cc1. The van der Waals surface area contributed by atoms with Crippen molar-refractivity contribution in [3.8, 4) is 0 Å². The number of nitrogens with one attached hydrogen (secondary N) is 2. The average molecular weight is 471 g/mol. The van der Waals surface area contributed by atoms with Crippen LogP contribution in [0.25, 0.3) is 0 Å². The van der Waals surface area contributed by atoms with E-state index in [1.165, 1.54) is 5.01 Å². The molecule has 3 N–H and O–H groups in total. The maximum Gasteiger partial charge on any atom is 0.322 e. The van der Waals surface area contributed by atoms with Gasteiger partial charge in [-0.3, -0.25) is 20.5 Å². The predicted molar refractivity (Wildman–Crippen MR) is 132 cm³/mol. The Morgan fingerprint density at radius 2 is 1.74 bits per heavy atom. The molecule has 178 valence electrons. The summed E-state index contributed by atoms with van der Waals surface area (Å²) in [5.41, 5.74) is 8.22. The molecule has 1 aromatic heterocycles. The van der Waals surface area contributed by atoms with Crippen molar-refractivity contribution in [2.45, 2.75) is 33.0 Å². The molecular formula is C26H26N6O3. The Bertz CT molecular complexity index is 1250. The lowest BCUT2D eigenvalue weighted by atomic mass is 9.93. The van der Waals surface area contributed by atoms with Crippen molar-refractivity contribution in [1.82, 2.24) is 14.9 Å². The first-order valence-corrected chi connectivity index (χ1v) is 11.5. The molecule has 1 unspecified atom stereocenters. The van der Waals surface area contributed by atoms with Crippen LogP contribution in [-0.2, 0) is 24.4 Å². The summed E-state index contributed by atoms with van der Waals surface area (Å²) in [4.78, 5) is 31.2. The van der Waals surface area contributed by atoms with E-state index in [2.05, 4.69) is 20.9 Å². The molecule has 0 aliphatic carbocycles. The summed E-state index contributed by atoms with van der Waals surface area (Å²) >= 11 is 0. The fourth-order valence-electron chi connectivity index (χ4n) is 4.36. The van der Waals surface area contributed by atoms with Gasteiger partial charge in [-0.25, -0.2) is 9.80 Å². The number of fused-ring (bicyclic) bond motifs is 1. The maximum atomic E-state index is 12.7. The second kappa shape index (κ2) is 9.55. The van der Waals surface area contributed by atoms with Gasteiger partial charge in [0, 0.05) is 43.5 Å². The van der Waals surface area contributed by atoms with Gasteiger partial charge >= 0.3 is 6.03 Å². The van der Waals surface area contributed by atoms with Gasteiger partial charge in [0.15, 0.2) is 0 Å². The molecule has 5 rings (SSSR count). The number of hydrazone groups is 1. The summed E-state index contributed by atoms with van der Waals surface area (Å²) in [6.07, 6.45) is 3.92. The molecule has 9 nitrogen and oxygen atoms in total. The molecule has 1 atom stereocenters. The van der Waals surface area contributed by atoms with Gasteiger partial charge in [0.25, 0.3) is 0 Å². The molecule has 2 aliphatic heterocycles. The summed E-state index contributed by atoms with van der Waals surface area (Å²) in [6, 6.07) is 16.5. The Kier molecular flexibility index (Phi) is 6.15. The molecular weight excluding hydrogens is 444 g/mol. The number of anilines is 2. The van der Waals surface area contributed by atoms with E-state index in [1.54, 1.807) is 29.4 Å². The zero-order chi connectivity index (χ0) is 24.4. The van der Waals surface area contributed by atoms with Crippen LogP contribution < -0.4 is 10.8 Å². The Morgan fingerprint density at radius 3 is 2.46 bits per heavy atom. The largest absolute Gasteiger partial charge is 0.322 e. The van der Waals surface area contributed by atoms with Crippen molar-refractivity contribution in [2.24, 2.45) is 11.0 Å². The molecule has 3 amide bonds. The highest BCUT2D eigenvalue weighted by atomic mass is 16.5. The van der Waals surface area contributed by atoms with Gasteiger partial charge < -0.3 is 10.2 Å². The summed E-state index contributed by atoms with van der Waals surface area (Å²) in [5, 5.41) is 18.1. The van der Waals surface area contributed by atoms with Gasteiger partial charge in [-0.2, -0.15) is 5.10 Å². The van der Waals surface area contributed by atoms with Crippen LogP contribution in [0.1, 0.15) is 35.6 Å². The summed E-state index contributed by atoms with van der Waals surface area (Å²) in [5.74, 6) is -0.0480. The monoisotopic (exact) mass is 470 g/mol. The van der Waals surface area contributed by atoms with E-state index in [4.69, 9.17) is 5.21 Å². The van der Waals surface area contributed by atoms with Crippen molar-refractivity contribution in [3.05, 3.63) is 89.2 Å². The van der Waals surface area contributed by atoms with Crippen LogP contribution >= 0.6 is 0 Å². The van der Waals surface area contributed by atoms with Crippen molar-refractivity contribution < 1.29 is 14.8 Å². The van der Waals surface area contributed by atoms with E-state index in [1.807, 2.05) is 49.4 Å². The third-order valence-corrected chi connectivity index (χ3v) is 6.33. The van der Waals surface area contributed by atoms with Crippen molar-refractivity contribution in [3.63, 3.8) is 0 Å². The molecule has 3 heterocycles. The number of hydrogen-bond donors (Lipinski definition) is 3. The van der Waals surface area contributed by atoms with Crippen LogP contribution in [0.2, 0.25) is 0 Å². The molecule has 0 spiro atoms. The summed E-state index contributed by atoms with van der Waals surface area (Å²) in [7, 11) is 0. The van der Waals surface area contributed by atoms with E-state index in [-0.39, 0.29) is 17.9 Å². The van der Waals surface area contributed by atoms with Crippen LogP contribution in [0.15, 0.2) is 72.1 Å². The van der Waals surface area contributed by atoms with E-state index in [0.717, 1.165) is 28.0 Å². The van der Waals surface area contributed by atoms with E-state index < -0.39 is 0 Å². The third kappa shape index (κ3) is 4.85. The topological polar surface area (TPSA) is 110 Å². The lowest BCUT2D eigenvalue weighted by Gasteiger charge is -2.28. The third-order valence-electron chi connectivity index (χ3n) is 6.33. The Balaban J connectivity index is 1.27. The van der Waals surface area contributed by atoms with Crippen LogP contribution in [0, 0.1) is 5.92 Å². The first-order chi connectivity index (χ1) is 17.0. The number of benzene rings is 2. The Labute approximate surface area is 203 Å². The highest BCUT2D eigenvalue weighted by molar-refractivity contribution is 6.06. The van der Waals surface area contributed by atoms with Gasteiger partial charge in [0.05, 0.1) is 17.9 Å². The number of pyridine rings is 1. The fourth-order valence-corrected chi connectivity index (χ4v) is 4.36. The minimum Gasteiger partial charge on any atom is -0.316 e. The lowest BCUT2D eigenvalue weighted by Crippen LogP contribution is -2.35. The van der Waals surface area contributed by atoms with Gasteiger partial charge in [-0.05, 0) is 52.6 Å². The van der Waals surface area contributed by atoms with Crippen LogP contribution in [-0.4, -0.2) is 37.8 Å². The van der Waals surface area contributed by atoms with Crippen molar-refractivity contribution >= 4 is 29.0 Å². The Morgan fingerprint density at radius 1 is 1.03 bits per heavy atom. The number of aromatic nitrogens is 1. The minimum absolute atomic E-state index is 0.0168. The molecule has 2 aliphatic rings. The Hall–Kier alpha value is -4.24. The first kappa shape index (κ1) is 22.5. The molecule has 0 saturated heterocycles. The maximum absolute atomic E-state index is 12.7. The van der Waals surface area contributed by atoms with Gasteiger partial charge in [-0.1, -0.05) is 31.2 Å². The minimum atomic E-state index is -0.156. The zero-order valence-corrected chi connectivity index (χ0v) is 19.3. The number of carbonyl (C=O) groups excluding carboxylic acids is 2. The van der Waals surface area contributed by atoms with E-state index in [0.29, 0.717) is 37.4 Å². The van der Waals surface area contributed by atoms with Crippen LogP contribution in [0.5, 0.6) is 0 Å². The molecule has 35 heavy (non-hydrogen) atoms. The van der Waals surface area contributed by atoms with E-state index >= 15 is 0 Å². The lowest BCUT2D eigenvalue weighted by molar-refractivity contribution is -0.133. The summed E-state index contributed by atoms with van der Waals surface area (Å²) in [6.45, 7) is 3.46. The van der Waals surface area contributed by atoms with Gasteiger partial charge in [0.2, 0.25) is 5.91 Å². The molecule has 9 heteroatoms. The molecule has 0 fully saturated rings. The number of carbonyl (C=O) groups is 2. The van der Waals surface area contributed by atoms with Crippen LogP contribution in [0.3, 0.4) is 0 Å². The number of urea groups is 1. The number of rotatable bonds is 5.